The normalized spacial score (nSPS) is 13.6. The topological polar surface area (TPSA) is 43.8 Å². The highest BCUT2D eigenvalue weighted by molar-refractivity contribution is 4.78. The van der Waals surface area contributed by atoms with E-state index in [0.717, 1.165) is 6.54 Å². The zero-order chi connectivity index (χ0) is 6.69. The fourth-order valence-corrected chi connectivity index (χ4v) is 0.704. The lowest BCUT2D eigenvalue weighted by molar-refractivity contribution is 0.538. The van der Waals surface area contributed by atoms with Crippen LogP contribution in [0.5, 0.6) is 0 Å². The first-order chi connectivity index (χ1) is 4.29. The van der Waals surface area contributed by atoms with Crippen LogP contribution >= 0.6 is 0 Å². The lowest BCUT2D eigenvalue weighted by atomic mass is 10.4. The molecule has 0 aromatic carbocycles. The van der Waals surface area contributed by atoms with E-state index in [4.69, 9.17) is 5.73 Å². The minimum atomic E-state index is 0.185. The fraction of sp³-hybridized carbons (Fsp3) is 0.500. The molecule has 0 saturated heterocycles. The predicted octanol–water partition coefficient (Wildman–Crippen LogP) is 0.230. The van der Waals surface area contributed by atoms with E-state index in [1.807, 2.05) is 23.9 Å². The van der Waals surface area contributed by atoms with Gasteiger partial charge in [0.15, 0.2) is 0 Å². The van der Waals surface area contributed by atoms with Gasteiger partial charge in [-0.25, -0.2) is 0 Å². The SMILES string of the molecule is C[C@H](N)Cn1cccn1. The van der Waals surface area contributed by atoms with Gasteiger partial charge in [-0.1, -0.05) is 0 Å². The van der Waals surface area contributed by atoms with Crippen molar-refractivity contribution in [3.8, 4) is 0 Å². The summed E-state index contributed by atoms with van der Waals surface area (Å²) in [7, 11) is 0. The van der Waals surface area contributed by atoms with Crippen molar-refractivity contribution >= 4 is 0 Å². The number of hydrogen-bond donors (Lipinski definition) is 1. The molecule has 2 N–H and O–H groups in total. The molecule has 0 aliphatic carbocycles. The van der Waals surface area contributed by atoms with Crippen molar-refractivity contribution in [2.45, 2.75) is 19.5 Å². The van der Waals surface area contributed by atoms with Gasteiger partial charge in [0, 0.05) is 18.4 Å². The Balaban J connectivity index is 2.48. The van der Waals surface area contributed by atoms with E-state index in [0.29, 0.717) is 0 Å². The lowest BCUT2D eigenvalue weighted by Crippen LogP contribution is -2.22. The first-order valence-corrected chi connectivity index (χ1v) is 3.02. The van der Waals surface area contributed by atoms with Gasteiger partial charge in [-0.15, -0.1) is 0 Å². The van der Waals surface area contributed by atoms with Crippen molar-refractivity contribution in [1.82, 2.24) is 9.78 Å². The molecule has 0 radical (unpaired) electrons. The van der Waals surface area contributed by atoms with Crippen LogP contribution in [-0.2, 0) is 6.54 Å². The Morgan fingerprint density at radius 3 is 3.00 bits per heavy atom. The number of hydrogen-bond acceptors (Lipinski definition) is 2. The number of aromatic nitrogens is 2. The lowest BCUT2D eigenvalue weighted by Gasteiger charge is -2.02. The van der Waals surface area contributed by atoms with Gasteiger partial charge < -0.3 is 5.73 Å². The van der Waals surface area contributed by atoms with E-state index in [2.05, 4.69) is 5.10 Å². The van der Waals surface area contributed by atoms with E-state index >= 15 is 0 Å². The number of rotatable bonds is 2. The molecule has 0 saturated carbocycles. The summed E-state index contributed by atoms with van der Waals surface area (Å²) in [6.45, 7) is 2.76. The molecule has 1 heterocycles. The third-order valence-electron chi connectivity index (χ3n) is 1.03. The van der Waals surface area contributed by atoms with Gasteiger partial charge in [-0.2, -0.15) is 5.10 Å². The van der Waals surface area contributed by atoms with Crippen molar-refractivity contribution in [1.29, 1.82) is 0 Å². The van der Waals surface area contributed by atoms with Gasteiger partial charge >= 0.3 is 0 Å². The van der Waals surface area contributed by atoms with E-state index in [1.165, 1.54) is 0 Å². The average Bonchev–Trinajstić information content (AvgIpc) is 2.15. The maximum absolute atomic E-state index is 5.52. The molecule has 0 amide bonds. The Labute approximate surface area is 54.5 Å². The number of nitrogens with two attached hydrogens (primary N) is 1. The first kappa shape index (κ1) is 6.29. The molecule has 0 spiro atoms. The molecule has 1 aromatic rings. The van der Waals surface area contributed by atoms with Gasteiger partial charge in [0.05, 0.1) is 6.54 Å². The minimum absolute atomic E-state index is 0.185. The van der Waals surface area contributed by atoms with Crippen molar-refractivity contribution in [2.75, 3.05) is 0 Å². The smallest absolute Gasteiger partial charge is 0.0557 e. The van der Waals surface area contributed by atoms with E-state index < -0.39 is 0 Å². The zero-order valence-electron chi connectivity index (χ0n) is 5.49. The van der Waals surface area contributed by atoms with E-state index in [9.17, 15) is 0 Å². The Hall–Kier alpha value is -0.830. The second kappa shape index (κ2) is 2.64. The van der Waals surface area contributed by atoms with Crippen LogP contribution in [0.25, 0.3) is 0 Å². The molecule has 0 bridgehead atoms. The van der Waals surface area contributed by atoms with Crippen LogP contribution in [-0.4, -0.2) is 15.8 Å². The molecule has 50 valence electrons. The minimum Gasteiger partial charge on any atom is -0.326 e. The first-order valence-electron chi connectivity index (χ1n) is 3.02. The van der Waals surface area contributed by atoms with Gasteiger partial charge in [0.2, 0.25) is 0 Å². The van der Waals surface area contributed by atoms with Gasteiger partial charge in [0.1, 0.15) is 0 Å². The van der Waals surface area contributed by atoms with Crippen molar-refractivity contribution in [3.63, 3.8) is 0 Å². The predicted molar refractivity (Wildman–Crippen MR) is 35.9 cm³/mol. The summed E-state index contributed by atoms with van der Waals surface area (Å²) in [5.74, 6) is 0. The average molecular weight is 125 g/mol. The fourth-order valence-electron chi connectivity index (χ4n) is 0.704. The van der Waals surface area contributed by atoms with Crippen LogP contribution in [0, 0.1) is 0 Å². The molecular weight excluding hydrogens is 114 g/mol. The van der Waals surface area contributed by atoms with Gasteiger partial charge in [-0.05, 0) is 13.0 Å². The summed E-state index contributed by atoms with van der Waals surface area (Å²) in [6, 6.07) is 2.08. The highest BCUT2D eigenvalue weighted by Crippen LogP contribution is 1.85. The van der Waals surface area contributed by atoms with Crippen molar-refractivity contribution in [3.05, 3.63) is 18.5 Å². The second-order valence-electron chi connectivity index (χ2n) is 2.21. The third kappa shape index (κ3) is 1.85. The highest BCUT2D eigenvalue weighted by Gasteiger charge is 1.93. The Kier molecular flexibility index (Phi) is 1.85. The largest absolute Gasteiger partial charge is 0.326 e. The summed E-state index contributed by atoms with van der Waals surface area (Å²) in [5.41, 5.74) is 5.52. The molecule has 0 fully saturated rings. The summed E-state index contributed by atoms with van der Waals surface area (Å²) in [4.78, 5) is 0. The maximum atomic E-state index is 5.52. The molecule has 0 aliphatic rings. The Morgan fingerprint density at radius 2 is 2.56 bits per heavy atom. The maximum Gasteiger partial charge on any atom is 0.0557 e. The molecule has 9 heavy (non-hydrogen) atoms. The molecule has 3 heteroatoms. The molecule has 1 rings (SSSR count). The van der Waals surface area contributed by atoms with Crippen LogP contribution in [0.2, 0.25) is 0 Å². The summed E-state index contributed by atoms with van der Waals surface area (Å²) < 4.78 is 1.82. The second-order valence-corrected chi connectivity index (χ2v) is 2.21. The van der Waals surface area contributed by atoms with Crippen molar-refractivity contribution < 1.29 is 0 Å². The Bertz CT molecular complexity index is 155. The van der Waals surface area contributed by atoms with Crippen molar-refractivity contribution in [2.24, 2.45) is 5.73 Å². The highest BCUT2D eigenvalue weighted by atomic mass is 15.3. The number of nitrogens with zero attached hydrogens (tertiary/aromatic N) is 2. The molecule has 1 aromatic heterocycles. The molecule has 3 nitrogen and oxygen atoms in total. The van der Waals surface area contributed by atoms with Crippen LogP contribution < -0.4 is 5.73 Å². The molecule has 1 atom stereocenters. The third-order valence-corrected chi connectivity index (χ3v) is 1.03. The van der Waals surface area contributed by atoms with Crippen LogP contribution in [0.4, 0.5) is 0 Å². The molecular formula is C6H11N3. The van der Waals surface area contributed by atoms with Crippen LogP contribution in [0.3, 0.4) is 0 Å². The van der Waals surface area contributed by atoms with Gasteiger partial charge in [-0.3, -0.25) is 4.68 Å². The zero-order valence-corrected chi connectivity index (χ0v) is 5.49. The monoisotopic (exact) mass is 125 g/mol. The Morgan fingerprint density at radius 1 is 1.78 bits per heavy atom. The summed E-state index contributed by atoms with van der Waals surface area (Å²) in [6.07, 6.45) is 3.66. The standard InChI is InChI=1S/C6H11N3/c1-6(7)5-9-4-2-3-8-9/h2-4,6H,5,7H2,1H3/t6-/m0/s1. The summed E-state index contributed by atoms with van der Waals surface area (Å²) >= 11 is 0. The van der Waals surface area contributed by atoms with Crippen LogP contribution in [0.15, 0.2) is 18.5 Å². The van der Waals surface area contributed by atoms with Crippen LogP contribution in [0.1, 0.15) is 6.92 Å². The van der Waals surface area contributed by atoms with E-state index in [1.54, 1.807) is 6.20 Å². The van der Waals surface area contributed by atoms with Gasteiger partial charge in [0.25, 0.3) is 0 Å². The van der Waals surface area contributed by atoms with E-state index in [-0.39, 0.29) is 6.04 Å². The quantitative estimate of drug-likeness (QED) is 0.615. The molecule has 0 unspecified atom stereocenters. The molecule has 0 aliphatic heterocycles. The summed E-state index contributed by atoms with van der Waals surface area (Å²) in [5, 5.41) is 3.99.